The first-order chi connectivity index (χ1) is 11.5. The first-order valence-electron chi connectivity index (χ1n) is 9.11. The molecule has 6 nitrogen and oxygen atoms in total. The second-order valence-electron chi connectivity index (χ2n) is 7.78. The number of piperidine rings is 1. The normalized spacial score (nSPS) is 25.2. The molecule has 3 rings (SSSR count). The molecule has 2 saturated heterocycles. The molecule has 0 aromatic carbocycles. The number of ether oxygens (including phenoxy) is 2. The van der Waals surface area contributed by atoms with Crippen LogP contribution in [0.5, 0.6) is 0 Å². The maximum Gasteiger partial charge on any atom is 0.225 e. The van der Waals surface area contributed by atoms with Gasteiger partial charge in [-0.15, -0.1) is 0 Å². The van der Waals surface area contributed by atoms with Crippen LogP contribution in [0.1, 0.15) is 44.9 Å². The first-order valence-corrected chi connectivity index (χ1v) is 9.11. The minimum Gasteiger partial charge on any atom is -0.383 e. The molecule has 1 aliphatic carbocycles. The van der Waals surface area contributed by atoms with Crippen molar-refractivity contribution >= 4 is 11.8 Å². The van der Waals surface area contributed by atoms with Gasteiger partial charge >= 0.3 is 0 Å². The fourth-order valence-corrected chi connectivity index (χ4v) is 4.36. The summed E-state index contributed by atoms with van der Waals surface area (Å²) in [5.74, 6) is 0.451. The Morgan fingerprint density at radius 2 is 1.88 bits per heavy atom. The molecule has 3 fully saturated rings. The third kappa shape index (κ3) is 3.45. The minimum absolute atomic E-state index is 0.0665. The van der Waals surface area contributed by atoms with E-state index in [0.29, 0.717) is 26.0 Å². The van der Waals surface area contributed by atoms with Crippen LogP contribution in [0, 0.1) is 5.41 Å². The third-order valence-corrected chi connectivity index (χ3v) is 6.32. The van der Waals surface area contributed by atoms with Gasteiger partial charge in [-0.3, -0.25) is 9.59 Å². The lowest BCUT2D eigenvalue weighted by Gasteiger charge is -2.43. The van der Waals surface area contributed by atoms with Gasteiger partial charge < -0.3 is 19.3 Å². The standard InChI is InChI=1S/C18H30N2O4/c1-23-11-10-20-14-17(12-15(20)21)6-8-19(9-7-17)16(22)13-18(24-2)4-3-5-18/h3-14H2,1-2H3. The molecule has 0 radical (unpaired) electrons. The summed E-state index contributed by atoms with van der Waals surface area (Å²) in [6, 6.07) is 0. The van der Waals surface area contributed by atoms with Crippen molar-refractivity contribution in [1.82, 2.24) is 9.80 Å². The molecule has 1 spiro atoms. The van der Waals surface area contributed by atoms with Crippen LogP contribution in [0.15, 0.2) is 0 Å². The van der Waals surface area contributed by atoms with Crippen molar-refractivity contribution in [2.24, 2.45) is 5.41 Å². The Bertz CT molecular complexity index is 476. The van der Waals surface area contributed by atoms with Crippen LogP contribution in [0.2, 0.25) is 0 Å². The zero-order valence-corrected chi connectivity index (χ0v) is 15.0. The quantitative estimate of drug-likeness (QED) is 0.735. The van der Waals surface area contributed by atoms with Crippen LogP contribution in [-0.2, 0) is 19.1 Å². The largest absolute Gasteiger partial charge is 0.383 e. The summed E-state index contributed by atoms with van der Waals surface area (Å²) < 4.78 is 10.7. The van der Waals surface area contributed by atoms with E-state index in [-0.39, 0.29) is 22.8 Å². The summed E-state index contributed by atoms with van der Waals surface area (Å²) >= 11 is 0. The number of carbonyl (C=O) groups excluding carboxylic acids is 2. The molecule has 1 saturated carbocycles. The van der Waals surface area contributed by atoms with E-state index in [2.05, 4.69) is 0 Å². The summed E-state index contributed by atoms with van der Waals surface area (Å²) in [7, 11) is 3.38. The topological polar surface area (TPSA) is 59.1 Å². The average molecular weight is 338 g/mol. The van der Waals surface area contributed by atoms with E-state index >= 15 is 0 Å². The Morgan fingerprint density at radius 3 is 2.42 bits per heavy atom. The highest BCUT2D eigenvalue weighted by Gasteiger charge is 2.46. The molecule has 0 bridgehead atoms. The number of nitrogens with zero attached hydrogens (tertiary/aromatic N) is 2. The van der Waals surface area contributed by atoms with Crippen LogP contribution in [0.4, 0.5) is 0 Å². The van der Waals surface area contributed by atoms with Crippen molar-refractivity contribution in [3.63, 3.8) is 0 Å². The van der Waals surface area contributed by atoms with Crippen molar-refractivity contribution in [3.05, 3.63) is 0 Å². The third-order valence-electron chi connectivity index (χ3n) is 6.32. The van der Waals surface area contributed by atoms with Gasteiger partial charge in [0.1, 0.15) is 0 Å². The number of rotatable bonds is 6. The molecule has 0 unspecified atom stereocenters. The SMILES string of the molecule is COCCN1CC2(CCN(C(=O)CC3(OC)CCC3)CC2)CC1=O. The van der Waals surface area contributed by atoms with Gasteiger partial charge in [0.2, 0.25) is 11.8 Å². The Morgan fingerprint density at radius 1 is 1.17 bits per heavy atom. The predicted octanol–water partition coefficient (Wildman–Crippen LogP) is 1.43. The van der Waals surface area contributed by atoms with Gasteiger partial charge in [-0.25, -0.2) is 0 Å². The monoisotopic (exact) mass is 338 g/mol. The lowest BCUT2D eigenvalue weighted by atomic mass is 9.75. The predicted molar refractivity (Wildman–Crippen MR) is 89.5 cm³/mol. The van der Waals surface area contributed by atoms with E-state index in [0.717, 1.165) is 51.7 Å². The molecular weight excluding hydrogens is 308 g/mol. The molecular formula is C18H30N2O4. The van der Waals surface area contributed by atoms with Crippen LogP contribution in [0.25, 0.3) is 0 Å². The van der Waals surface area contributed by atoms with Crippen molar-refractivity contribution in [1.29, 1.82) is 0 Å². The lowest BCUT2D eigenvalue weighted by molar-refractivity contribution is -0.146. The highest BCUT2D eigenvalue weighted by Crippen LogP contribution is 2.42. The molecule has 0 aromatic rings. The van der Waals surface area contributed by atoms with Crippen molar-refractivity contribution < 1.29 is 19.1 Å². The number of hydrogen-bond acceptors (Lipinski definition) is 4. The second kappa shape index (κ2) is 7.00. The average Bonchev–Trinajstić information content (AvgIpc) is 2.85. The fraction of sp³-hybridized carbons (Fsp3) is 0.889. The van der Waals surface area contributed by atoms with Crippen LogP contribution in [0.3, 0.4) is 0 Å². The molecule has 0 atom stereocenters. The molecule has 0 N–H and O–H groups in total. The minimum atomic E-state index is -0.202. The van der Waals surface area contributed by atoms with Crippen LogP contribution in [-0.4, -0.2) is 74.2 Å². The lowest BCUT2D eigenvalue weighted by Crippen LogP contribution is -2.49. The van der Waals surface area contributed by atoms with E-state index < -0.39 is 0 Å². The molecule has 6 heteroatoms. The molecule has 0 aromatic heterocycles. The number of methoxy groups -OCH3 is 2. The highest BCUT2D eigenvalue weighted by atomic mass is 16.5. The first kappa shape index (κ1) is 17.7. The second-order valence-corrected chi connectivity index (χ2v) is 7.78. The summed E-state index contributed by atoms with van der Waals surface area (Å²) in [6.07, 6.45) is 6.13. The fourth-order valence-electron chi connectivity index (χ4n) is 4.36. The Hall–Kier alpha value is -1.14. The molecule has 2 heterocycles. The Labute approximate surface area is 144 Å². The molecule has 136 valence electrons. The Kier molecular flexibility index (Phi) is 5.16. The smallest absolute Gasteiger partial charge is 0.225 e. The molecule has 2 amide bonds. The van der Waals surface area contributed by atoms with Crippen molar-refractivity contribution in [3.8, 4) is 0 Å². The Balaban J connectivity index is 1.50. The van der Waals surface area contributed by atoms with E-state index in [1.54, 1.807) is 14.2 Å². The van der Waals surface area contributed by atoms with Gasteiger partial charge in [-0.05, 0) is 32.1 Å². The molecule has 24 heavy (non-hydrogen) atoms. The van der Waals surface area contributed by atoms with Gasteiger partial charge in [0.25, 0.3) is 0 Å². The zero-order valence-electron chi connectivity index (χ0n) is 15.0. The van der Waals surface area contributed by atoms with Gasteiger partial charge in [0.05, 0.1) is 18.6 Å². The van der Waals surface area contributed by atoms with Gasteiger partial charge in [0.15, 0.2) is 0 Å². The number of hydrogen-bond donors (Lipinski definition) is 0. The van der Waals surface area contributed by atoms with Gasteiger partial charge in [0, 0.05) is 52.2 Å². The molecule has 3 aliphatic rings. The van der Waals surface area contributed by atoms with Crippen molar-refractivity contribution in [2.45, 2.75) is 50.5 Å². The van der Waals surface area contributed by atoms with Crippen LogP contribution < -0.4 is 0 Å². The molecule has 2 aliphatic heterocycles. The highest BCUT2D eigenvalue weighted by molar-refractivity contribution is 5.80. The summed E-state index contributed by atoms with van der Waals surface area (Å²) in [6.45, 7) is 3.62. The van der Waals surface area contributed by atoms with E-state index in [1.807, 2.05) is 9.80 Å². The van der Waals surface area contributed by atoms with E-state index in [4.69, 9.17) is 9.47 Å². The summed E-state index contributed by atoms with van der Waals surface area (Å²) in [5, 5.41) is 0. The maximum absolute atomic E-state index is 12.6. The summed E-state index contributed by atoms with van der Waals surface area (Å²) in [4.78, 5) is 28.7. The number of likely N-dealkylation sites (tertiary alicyclic amines) is 2. The zero-order chi connectivity index (χ0) is 17.2. The van der Waals surface area contributed by atoms with E-state index in [9.17, 15) is 9.59 Å². The van der Waals surface area contributed by atoms with Crippen molar-refractivity contribution in [2.75, 3.05) is 47.0 Å². The number of carbonyl (C=O) groups is 2. The number of amides is 2. The van der Waals surface area contributed by atoms with E-state index in [1.165, 1.54) is 0 Å². The van der Waals surface area contributed by atoms with Gasteiger partial charge in [-0.1, -0.05) is 0 Å². The van der Waals surface area contributed by atoms with Gasteiger partial charge in [-0.2, -0.15) is 0 Å². The maximum atomic E-state index is 12.6. The van der Waals surface area contributed by atoms with Crippen LogP contribution >= 0.6 is 0 Å². The summed E-state index contributed by atoms with van der Waals surface area (Å²) in [5.41, 5.74) is -0.135.